The van der Waals surface area contributed by atoms with Crippen molar-refractivity contribution in [3.05, 3.63) is 60.7 Å². The molecule has 2 rings (SSSR count). The Labute approximate surface area is 309 Å². The summed E-state index contributed by atoms with van der Waals surface area (Å²) in [6.07, 6.45) is -10.3. The van der Waals surface area contributed by atoms with Crippen LogP contribution in [0.3, 0.4) is 0 Å². The van der Waals surface area contributed by atoms with E-state index in [9.17, 15) is 33.6 Å². The summed E-state index contributed by atoms with van der Waals surface area (Å²) in [5, 5.41) is 10.3. The van der Waals surface area contributed by atoms with E-state index in [2.05, 4.69) is 4.74 Å². The minimum Gasteiger partial charge on any atom is -0.479 e. The molecule has 7 atom stereocenters. The standard InChI is InChI=1S/C37H48O15Si/c1-21(30(38)39)46-31(40)22(2)47-32(41)23(3)48-33(42)24(4)49-34(43)25(5)50-35(44)26(6)51-36(45)27(7)52-53(37(8,9)10,28-17-13-11-14-18-28)29-19-15-12-16-20-29/h11-27H,1-10H3,(H,38,39)/t21-,22-,23-,24-,25-,26-,27-/m0/s1. The maximum absolute atomic E-state index is 13.3. The third kappa shape index (κ3) is 12.0. The molecule has 2 aromatic carbocycles. The van der Waals surface area contributed by atoms with Gasteiger partial charge in [0.15, 0.2) is 36.6 Å². The van der Waals surface area contributed by atoms with E-state index < -0.39 is 97.9 Å². The first kappa shape index (κ1) is 44.1. The van der Waals surface area contributed by atoms with Crippen molar-refractivity contribution in [1.82, 2.24) is 0 Å². The molecule has 0 aliphatic rings. The van der Waals surface area contributed by atoms with Crippen LogP contribution in [-0.2, 0) is 66.4 Å². The van der Waals surface area contributed by atoms with Crippen LogP contribution in [0, 0.1) is 0 Å². The zero-order chi connectivity index (χ0) is 40.3. The van der Waals surface area contributed by atoms with E-state index >= 15 is 0 Å². The van der Waals surface area contributed by atoms with Crippen molar-refractivity contribution in [1.29, 1.82) is 0 Å². The predicted molar refractivity (Wildman–Crippen MR) is 189 cm³/mol. The molecule has 16 heteroatoms. The van der Waals surface area contributed by atoms with Crippen molar-refractivity contribution in [3.8, 4) is 0 Å². The second kappa shape index (κ2) is 19.1. The maximum Gasteiger partial charge on any atom is 0.347 e. The largest absolute Gasteiger partial charge is 0.479 e. The summed E-state index contributed by atoms with van der Waals surface area (Å²) in [6, 6.07) is 19.3. The van der Waals surface area contributed by atoms with E-state index in [1.54, 1.807) is 0 Å². The molecule has 0 aliphatic carbocycles. The van der Waals surface area contributed by atoms with Gasteiger partial charge in [-0.15, -0.1) is 0 Å². The fourth-order valence-corrected chi connectivity index (χ4v) is 9.56. The highest BCUT2D eigenvalue weighted by molar-refractivity contribution is 6.99. The van der Waals surface area contributed by atoms with Crippen molar-refractivity contribution in [2.75, 3.05) is 0 Å². The van der Waals surface area contributed by atoms with Gasteiger partial charge in [-0.3, -0.25) is 0 Å². The van der Waals surface area contributed by atoms with E-state index in [0.717, 1.165) is 38.1 Å². The van der Waals surface area contributed by atoms with Crippen LogP contribution in [0.4, 0.5) is 0 Å². The number of carboxylic acids is 1. The molecule has 53 heavy (non-hydrogen) atoms. The summed E-state index contributed by atoms with van der Waals surface area (Å²) < 4.78 is 36.7. The molecule has 0 amide bonds. The van der Waals surface area contributed by atoms with Gasteiger partial charge in [-0.05, 0) is 63.9 Å². The molecule has 290 valence electrons. The van der Waals surface area contributed by atoms with Crippen LogP contribution >= 0.6 is 0 Å². The molecule has 0 saturated carbocycles. The molecule has 0 radical (unpaired) electrons. The summed E-state index contributed by atoms with van der Waals surface area (Å²) in [5.74, 6) is -7.94. The number of hydrogen-bond acceptors (Lipinski definition) is 14. The number of hydrogen-bond donors (Lipinski definition) is 1. The molecule has 0 aromatic heterocycles. The van der Waals surface area contributed by atoms with Crippen LogP contribution in [0.25, 0.3) is 0 Å². The van der Waals surface area contributed by atoms with Gasteiger partial charge in [-0.1, -0.05) is 81.4 Å². The normalized spacial score (nSPS) is 15.5. The van der Waals surface area contributed by atoms with Crippen LogP contribution in [0.15, 0.2) is 60.7 Å². The first-order valence-electron chi connectivity index (χ1n) is 16.9. The Morgan fingerprint density at radius 2 is 0.698 bits per heavy atom. The Kier molecular flexibility index (Phi) is 15.9. The first-order valence-corrected chi connectivity index (χ1v) is 18.8. The van der Waals surface area contributed by atoms with Crippen LogP contribution in [0.5, 0.6) is 0 Å². The zero-order valence-corrected chi connectivity index (χ0v) is 32.5. The van der Waals surface area contributed by atoms with Crippen LogP contribution in [0.2, 0.25) is 5.04 Å². The Hall–Kier alpha value is -5.09. The minimum absolute atomic E-state index is 0.437. The fraction of sp³-hybridized carbons (Fsp3) is 0.486. The monoisotopic (exact) mass is 760 g/mol. The quantitative estimate of drug-likeness (QED) is 0.140. The number of carboxylic acid groups (broad SMARTS) is 1. The Bertz CT molecular complexity index is 1570. The lowest BCUT2D eigenvalue weighted by Crippen LogP contribution is -2.68. The molecule has 0 aliphatic heterocycles. The molecule has 1 N–H and O–H groups in total. The maximum atomic E-state index is 13.3. The fourth-order valence-electron chi connectivity index (χ4n) is 4.92. The first-order chi connectivity index (χ1) is 24.6. The van der Waals surface area contributed by atoms with Crippen molar-refractivity contribution >= 4 is 60.5 Å². The second-order valence-corrected chi connectivity index (χ2v) is 17.5. The minimum atomic E-state index is -3.14. The molecule has 0 spiro atoms. The summed E-state index contributed by atoms with van der Waals surface area (Å²) in [6.45, 7) is 14.6. The van der Waals surface area contributed by atoms with E-state index in [0.29, 0.717) is 0 Å². The van der Waals surface area contributed by atoms with E-state index in [1.807, 2.05) is 81.4 Å². The molecule has 0 fully saturated rings. The number of aliphatic carboxylic acids is 1. The number of carbonyl (C=O) groups excluding carboxylic acids is 6. The summed E-state index contributed by atoms with van der Waals surface area (Å²) in [5.41, 5.74) is 0. The molecule has 2 aromatic rings. The Morgan fingerprint density at radius 1 is 0.453 bits per heavy atom. The van der Waals surface area contributed by atoms with E-state index in [-0.39, 0.29) is 0 Å². The van der Waals surface area contributed by atoms with Crippen LogP contribution in [-0.4, -0.2) is 97.9 Å². The molecule has 0 bridgehead atoms. The molecule has 0 saturated heterocycles. The number of carbonyl (C=O) groups is 7. The Morgan fingerprint density at radius 3 is 0.943 bits per heavy atom. The van der Waals surface area contributed by atoms with Gasteiger partial charge in [0, 0.05) is 0 Å². The highest BCUT2D eigenvalue weighted by atomic mass is 28.4. The molecule has 0 unspecified atom stereocenters. The third-order valence-electron chi connectivity index (χ3n) is 7.87. The second-order valence-electron chi connectivity index (χ2n) is 13.2. The highest BCUT2D eigenvalue weighted by Gasteiger charge is 2.52. The average molecular weight is 761 g/mol. The topological polar surface area (TPSA) is 204 Å². The molecular weight excluding hydrogens is 712 g/mol. The molecule has 15 nitrogen and oxygen atoms in total. The van der Waals surface area contributed by atoms with Gasteiger partial charge in [0.25, 0.3) is 8.32 Å². The summed E-state index contributed by atoms with van der Waals surface area (Å²) in [7, 11) is -3.14. The SMILES string of the molecule is C[C@H](OC(=O)[C@H](C)OC(=O)[C@H](C)OC(=O)[C@H](C)OC(=O)[C@H](C)OC(=O)[C@H](C)OC(=O)[C@H](C)O[Si](c1ccccc1)(c1ccccc1)C(C)(C)C)C(=O)O. The van der Waals surface area contributed by atoms with E-state index in [4.69, 9.17) is 33.2 Å². The van der Waals surface area contributed by atoms with Crippen molar-refractivity contribution in [3.63, 3.8) is 0 Å². The van der Waals surface area contributed by atoms with Gasteiger partial charge in [0.2, 0.25) is 0 Å². The lowest BCUT2D eigenvalue weighted by atomic mass is 10.2. The predicted octanol–water partition coefficient (Wildman–Crippen LogP) is 2.63. The number of esters is 6. The molecule has 0 heterocycles. The molecular formula is C37H48O15Si. The average Bonchev–Trinajstić information content (AvgIpc) is 3.10. The number of rotatable bonds is 17. The highest BCUT2D eigenvalue weighted by Crippen LogP contribution is 2.37. The Balaban J connectivity index is 1.98. The summed E-state index contributed by atoms with van der Waals surface area (Å²) in [4.78, 5) is 86.3. The number of ether oxygens (including phenoxy) is 6. The van der Waals surface area contributed by atoms with E-state index in [1.165, 1.54) is 20.8 Å². The lowest BCUT2D eigenvalue weighted by molar-refractivity contribution is -0.188. The zero-order valence-electron chi connectivity index (χ0n) is 31.5. The van der Waals surface area contributed by atoms with Gasteiger partial charge in [-0.2, -0.15) is 0 Å². The van der Waals surface area contributed by atoms with Gasteiger partial charge in [0.1, 0.15) is 6.10 Å². The van der Waals surface area contributed by atoms with Crippen molar-refractivity contribution < 1.29 is 71.5 Å². The van der Waals surface area contributed by atoms with Gasteiger partial charge in [0.05, 0.1) is 0 Å². The van der Waals surface area contributed by atoms with Crippen molar-refractivity contribution in [2.45, 2.75) is 117 Å². The van der Waals surface area contributed by atoms with Crippen molar-refractivity contribution in [2.24, 2.45) is 0 Å². The van der Waals surface area contributed by atoms with Gasteiger partial charge in [-0.25, -0.2) is 33.6 Å². The van der Waals surface area contributed by atoms with Crippen LogP contribution < -0.4 is 10.4 Å². The summed E-state index contributed by atoms with van der Waals surface area (Å²) >= 11 is 0. The van der Waals surface area contributed by atoms with Gasteiger partial charge >= 0.3 is 41.8 Å². The lowest BCUT2D eigenvalue weighted by Gasteiger charge is -2.44. The van der Waals surface area contributed by atoms with Gasteiger partial charge < -0.3 is 38.0 Å². The number of benzene rings is 2. The third-order valence-corrected chi connectivity index (χ3v) is 13.0. The van der Waals surface area contributed by atoms with Crippen LogP contribution in [0.1, 0.15) is 69.2 Å². The smallest absolute Gasteiger partial charge is 0.347 e.